The number of halogens is 1. The van der Waals surface area contributed by atoms with Gasteiger partial charge in [-0.25, -0.2) is 13.1 Å². The monoisotopic (exact) mass is 304 g/mol. The summed E-state index contributed by atoms with van der Waals surface area (Å²) in [6, 6.07) is 3.17. The van der Waals surface area contributed by atoms with Crippen LogP contribution in [0.1, 0.15) is 18.4 Å². The Morgan fingerprint density at radius 2 is 2.11 bits per heavy atom. The largest absolute Gasteiger partial charge is 0.495 e. The summed E-state index contributed by atoms with van der Waals surface area (Å²) in [7, 11) is -0.359. The molecule has 1 fully saturated rings. The van der Waals surface area contributed by atoms with E-state index in [0.717, 1.165) is 12.8 Å². The molecule has 0 bridgehead atoms. The van der Waals surface area contributed by atoms with Crippen LogP contribution in [0.25, 0.3) is 0 Å². The molecule has 0 aliphatic heterocycles. The Kier molecular flexibility index (Phi) is 4.35. The molecular formula is C12H17ClN2O3S. The van der Waals surface area contributed by atoms with E-state index in [4.69, 9.17) is 16.3 Å². The van der Waals surface area contributed by atoms with E-state index in [0.29, 0.717) is 22.9 Å². The van der Waals surface area contributed by atoms with Crippen molar-refractivity contribution in [3.63, 3.8) is 0 Å². The first-order valence-corrected chi connectivity index (χ1v) is 7.87. The van der Waals surface area contributed by atoms with Crippen molar-refractivity contribution in [1.82, 2.24) is 10.0 Å². The Hall–Kier alpha value is -0.820. The number of rotatable bonds is 6. The highest BCUT2D eigenvalue weighted by atomic mass is 35.5. The molecule has 19 heavy (non-hydrogen) atoms. The van der Waals surface area contributed by atoms with Gasteiger partial charge in [0.2, 0.25) is 10.0 Å². The van der Waals surface area contributed by atoms with Gasteiger partial charge in [-0.05, 0) is 32.0 Å². The standard InChI is InChI=1S/C12H17ClN2O3S/c1-14-7-8-5-9(13)6-11(12(8)18-2)19(16,17)15-10-3-4-10/h5-6,10,14-15H,3-4,7H2,1-2H3. The SMILES string of the molecule is CNCc1cc(Cl)cc(S(=O)(=O)NC2CC2)c1OC. The van der Waals surface area contributed by atoms with Crippen molar-refractivity contribution in [2.45, 2.75) is 30.3 Å². The van der Waals surface area contributed by atoms with Crippen LogP contribution in [0.15, 0.2) is 17.0 Å². The number of hydrogen-bond acceptors (Lipinski definition) is 4. The Labute approximate surface area is 118 Å². The quantitative estimate of drug-likeness (QED) is 0.836. The van der Waals surface area contributed by atoms with Gasteiger partial charge in [0.05, 0.1) is 7.11 Å². The van der Waals surface area contributed by atoms with E-state index in [2.05, 4.69) is 10.0 Å². The third-order valence-corrected chi connectivity index (χ3v) is 4.60. The molecule has 0 amide bonds. The van der Waals surface area contributed by atoms with E-state index in [9.17, 15) is 8.42 Å². The summed E-state index contributed by atoms with van der Waals surface area (Å²) in [6.45, 7) is 0.482. The summed E-state index contributed by atoms with van der Waals surface area (Å²) >= 11 is 6.00. The molecule has 1 aromatic carbocycles. The lowest BCUT2D eigenvalue weighted by Crippen LogP contribution is -2.26. The molecule has 106 valence electrons. The molecule has 7 heteroatoms. The molecule has 0 heterocycles. The van der Waals surface area contributed by atoms with Crippen molar-refractivity contribution < 1.29 is 13.2 Å². The first kappa shape index (κ1) is 14.6. The minimum absolute atomic E-state index is 0.0430. The fourth-order valence-electron chi connectivity index (χ4n) is 1.86. The van der Waals surface area contributed by atoms with Gasteiger partial charge in [-0.2, -0.15) is 0 Å². The van der Waals surface area contributed by atoms with Gasteiger partial charge in [0.15, 0.2) is 0 Å². The van der Waals surface area contributed by atoms with Crippen LogP contribution >= 0.6 is 11.6 Å². The third kappa shape index (κ3) is 3.39. The Morgan fingerprint density at radius 1 is 1.42 bits per heavy atom. The van der Waals surface area contributed by atoms with Gasteiger partial charge >= 0.3 is 0 Å². The predicted octanol–water partition coefficient (Wildman–Crippen LogP) is 1.51. The zero-order chi connectivity index (χ0) is 14.0. The molecule has 1 aliphatic carbocycles. The summed E-state index contributed by atoms with van der Waals surface area (Å²) in [4.78, 5) is 0.0969. The van der Waals surface area contributed by atoms with Gasteiger partial charge in [0.1, 0.15) is 10.6 Å². The third-order valence-electron chi connectivity index (χ3n) is 2.86. The van der Waals surface area contributed by atoms with Gasteiger partial charge in [-0.3, -0.25) is 0 Å². The van der Waals surface area contributed by atoms with Crippen LogP contribution in [0.5, 0.6) is 5.75 Å². The number of ether oxygens (including phenoxy) is 1. The van der Waals surface area contributed by atoms with E-state index < -0.39 is 10.0 Å². The maximum absolute atomic E-state index is 12.3. The first-order valence-electron chi connectivity index (χ1n) is 6.01. The van der Waals surface area contributed by atoms with Crippen molar-refractivity contribution in [2.24, 2.45) is 0 Å². The predicted molar refractivity (Wildman–Crippen MR) is 74.1 cm³/mol. The van der Waals surface area contributed by atoms with Crippen LogP contribution in [-0.4, -0.2) is 28.6 Å². The molecule has 2 rings (SSSR count). The topological polar surface area (TPSA) is 67.4 Å². The van der Waals surface area contributed by atoms with Crippen molar-refractivity contribution in [3.8, 4) is 5.75 Å². The Bertz CT molecular complexity index is 571. The molecule has 0 atom stereocenters. The molecule has 1 saturated carbocycles. The highest BCUT2D eigenvalue weighted by Gasteiger charge is 2.30. The average Bonchev–Trinajstić information content (AvgIpc) is 3.12. The van der Waals surface area contributed by atoms with Crippen LogP contribution in [0.4, 0.5) is 0 Å². The number of benzene rings is 1. The fourth-order valence-corrected chi connectivity index (χ4v) is 3.71. The minimum Gasteiger partial charge on any atom is -0.495 e. The highest BCUT2D eigenvalue weighted by molar-refractivity contribution is 7.89. The van der Waals surface area contributed by atoms with Crippen molar-refractivity contribution in [1.29, 1.82) is 0 Å². The number of nitrogens with one attached hydrogen (secondary N) is 2. The van der Waals surface area contributed by atoms with Gasteiger partial charge in [-0.15, -0.1) is 0 Å². The molecule has 0 aromatic heterocycles. The Morgan fingerprint density at radius 3 is 2.63 bits per heavy atom. The van der Waals surface area contributed by atoms with Crippen LogP contribution < -0.4 is 14.8 Å². The van der Waals surface area contributed by atoms with Crippen LogP contribution in [0, 0.1) is 0 Å². The number of hydrogen-bond donors (Lipinski definition) is 2. The van der Waals surface area contributed by atoms with Crippen molar-refractivity contribution in [3.05, 3.63) is 22.7 Å². The summed E-state index contributed by atoms with van der Waals surface area (Å²) in [5, 5.41) is 3.34. The minimum atomic E-state index is -3.59. The van der Waals surface area contributed by atoms with E-state index in [1.165, 1.54) is 13.2 Å². The van der Waals surface area contributed by atoms with Gasteiger partial charge in [0.25, 0.3) is 0 Å². The second-order valence-electron chi connectivity index (χ2n) is 4.52. The molecule has 0 spiro atoms. The summed E-state index contributed by atoms with van der Waals surface area (Å²) in [6.07, 6.45) is 1.76. The molecule has 1 aliphatic rings. The maximum atomic E-state index is 12.3. The molecule has 0 saturated heterocycles. The van der Waals surface area contributed by atoms with E-state index in [1.807, 2.05) is 0 Å². The Balaban J connectivity index is 2.47. The zero-order valence-electron chi connectivity index (χ0n) is 10.9. The molecular weight excluding hydrogens is 288 g/mol. The highest BCUT2D eigenvalue weighted by Crippen LogP contribution is 2.33. The molecule has 5 nitrogen and oxygen atoms in total. The van der Waals surface area contributed by atoms with Crippen molar-refractivity contribution >= 4 is 21.6 Å². The summed E-state index contributed by atoms with van der Waals surface area (Å²) < 4.78 is 32.5. The molecule has 2 N–H and O–H groups in total. The molecule has 0 radical (unpaired) electrons. The summed E-state index contributed by atoms with van der Waals surface area (Å²) in [5.74, 6) is 0.340. The maximum Gasteiger partial charge on any atom is 0.244 e. The second-order valence-corrected chi connectivity index (χ2v) is 6.64. The van der Waals surface area contributed by atoms with E-state index in [-0.39, 0.29) is 10.9 Å². The lowest BCUT2D eigenvalue weighted by molar-refractivity contribution is 0.396. The average molecular weight is 305 g/mol. The van der Waals surface area contributed by atoms with Gasteiger partial charge in [0, 0.05) is 23.2 Å². The number of methoxy groups -OCH3 is 1. The van der Waals surface area contributed by atoms with Crippen molar-refractivity contribution in [2.75, 3.05) is 14.2 Å². The van der Waals surface area contributed by atoms with Gasteiger partial charge < -0.3 is 10.1 Å². The molecule has 0 unspecified atom stereocenters. The van der Waals surface area contributed by atoms with E-state index in [1.54, 1.807) is 13.1 Å². The summed E-state index contributed by atoms with van der Waals surface area (Å²) in [5.41, 5.74) is 0.716. The lowest BCUT2D eigenvalue weighted by Gasteiger charge is -2.15. The zero-order valence-corrected chi connectivity index (χ0v) is 12.4. The second kappa shape index (κ2) is 5.66. The smallest absolute Gasteiger partial charge is 0.244 e. The van der Waals surface area contributed by atoms with Crippen LogP contribution in [0.3, 0.4) is 0 Å². The first-order chi connectivity index (χ1) is 8.97. The normalized spacial score (nSPS) is 15.5. The fraction of sp³-hybridized carbons (Fsp3) is 0.500. The van der Waals surface area contributed by atoms with Crippen LogP contribution in [0.2, 0.25) is 5.02 Å². The van der Waals surface area contributed by atoms with Crippen LogP contribution in [-0.2, 0) is 16.6 Å². The number of sulfonamides is 1. The van der Waals surface area contributed by atoms with Gasteiger partial charge in [-0.1, -0.05) is 11.6 Å². The molecule has 1 aromatic rings. The lowest BCUT2D eigenvalue weighted by atomic mass is 10.2. The van der Waals surface area contributed by atoms with E-state index >= 15 is 0 Å².